The molecule has 0 aliphatic heterocycles. The van der Waals surface area contributed by atoms with E-state index in [1.54, 1.807) is 48.5 Å². The van der Waals surface area contributed by atoms with Gasteiger partial charge in [0.05, 0.1) is 12.6 Å². The van der Waals surface area contributed by atoms with E-state index < -0.39 is 6.10 Å². The van der Waals surface area contributed by atoms with Crippen LogP contribution in [0.4, 0.5) is 5.69 Å². The monoisotopic (exact) mass is 400 g/mol. The maximum Gasteiger partial charge on any atom is 0.274 e. The molecule has 0 aliphatic carbocycles. The highest BCUT2D eigenvalue weighted by atomic mass is 16.3. The van der Waals surface area contributed by atoms with Crippen molar-refractivity contribution >= 4 is 11.6 Å². The lowest BCUT2D eigenvalue weighted by Crippen LogP contribution is -2.14. The molecule has 3 heterocycles. The number of amides is 1. The van der Waals surface area contributed by atoms with Crippen LogP contribution in [0.2, 0.25) is 0 Å². The molecule has 0 fully saturated rings. The topological polar surface area (TPSA) is 106 Å². The highest BCUT2D eigenvalue weighted by Crippen LogP contribution is 2.22. The van der Waals surface area contributed by atoms with E-state index in [1.807, 2.05) is 36.4 Å². The number of aliphatic hydroxyl groups excluding tert-OH is 1. The van der Waals surface area contributed by atoms with Crippen LogP contribution in [0.25, 0.3) is 22.5 Å². The number of aromatic nitrogens is 5. The molecule has 4 aromatic rings. The molecule has 4 rings (SSSR count). The van der Waals surface area contributed by atoms with Crippen molar-refractivity contribution in [3.63, 3.8) is 0 Å². The highest BCUT2D eigenvalue weighted by molar-refractivity contribution is 6.03. The lowest BCUT2D eigenvalue weighted by atomic mass is 10.1. The van der Waals surface area contributed by atoms with Crippen LogP contribution < -0.4 is 5.32 Å². The third-order valence-electron chi connectivity index (χ3n) is 4.44. The van der Waals surface area contributed by atoms with E-state index in [1.165, 1.54) is 0 Å². The quantitative estimate of drug-likeness (QED) is 0.515. The normalized spacial score (nSPS) is 11.8. The number of aliphatic hydroxyl groups is 1. The van der Waals surface area contributed by atoms with Crippen LogP contribution in [0.15, 0.2) is 73.4 Å². The van der Waals surface area contributed by atoms with E-state index >= 15 is 0 Å². The van der Waals surface area contributed by atoms with E-state index in [0.717, 1.165) is 16.7 Å². The second-order valence-electron chi connectivity index (χ2n) is 6.86. The number of carbonyl (C=O) groups is 1. The predicted octanol–water partition coefficient (Wildman–Crippen LogP) is 3.04. The van der Waals surface area contributed by atoms with Gasteiger partial charge >= 0.3 is 0 Å². The van der Waals surface area contributed by atoms with Crippen LogP contribution >= 0.6 is 0 Å². The van der Waals surface area contributed by atoms with Gasteiger partial charge in [-0.15, -0.1) is 10.2 Å². The molecule has 0 radical (unpaired) electrons. The smallest absolute Gasteiger partial charge is 0.274 e. The van der Waals surface area contributed by atoms with Gasteiger partial charge in [-0.2, -0.15) is 0 Å². The van der Waals surface area contributed by atoms with Crippen molar-refractivity contribution in [3.05, 3.63) is 79.1 Å². The Hall–Kier alpha value is -3.91. The number of nitrogens with one attached hydrogen (secondary N) is 1. The number of pyridine rings is 2. The van der Waals surface area contributed by atoms with Crippen molar-refractivity contribution in [2.45, 2.75) is 19.6 Å². The van der Waals surface area contributed by atoms with Crippen molar-refractivity contribution in [2.75, 3.05) is 5.32 Å². The van der Waals surface area contributed by atoms with Crippen LogP contribution in [0.5, 0.6) is 0 Å². The van der Waals surface area contributed by atoms with Crippen molar-refractivity contribution < 1.29 is 9.90 Å². The summed E-state index contributed by atoms with van der Waals surface area (Å²) in [5.41, 5.74) is 3.47. The molecule has 1 amide bonds. The molecule has 1 atom stereocenters. The first-order valence-electron chi connectivity index (χ1n) is 9.44. The van der Waals surface area contributed by atoms with Gasteiger partial charge in [-0.1, -0.05) is 18.2 Å². The molecular weight excluding hydrogens is 380 g/mol. The van der Waals surface area contributed by atoms with Crippen molar-refractivity contribution in [3.8, 4) is 22.5 Å². The van der Waals surface area contributed by atoms with E-state index in [4.69, 9.17) is 0 Å². The zero-order valence-electron chi connectivity index (χ0n) is 16.3. The molecule has 0 saturated heterocycles. The van der Waals surface area contributed by atoms with Gasteiger partial charge in [0.25, 0.3) is 5.91 Å². The Morgan fingerprint density at radius 1 is 1.10 bits per heavy atom. The maximum absolute atomic E-state index is 12.8. The van der Waals surface area contributed by atoms with Crippen molar-refractivity contribution in [1.29, 1.82) is 0 Å². The Morgan fingerprint density at radius 2 is 1.97 bits per heavy atom. The fourth-order valence-corrected chi connectivity index (χ4v) is 3.10. The average Bonchev–Trinajstić information content (AvgIpc) is 3.22. The molecule has 8 heteroatoms. The minimum absolute atomic E-state index is 0.305. The van der Waals surface area contributed by atoms with Crippen LogP contribution in [-0.4, -0.2) is 41.9 Å². The summed E-state index contributed by atoms with van der Waals surface area (Å²) in [4.78, 5) is 21.1. The summed E-state index contributed by atoms with van der Waals surface area (Å²) in [6.45, 7) is 2.08. The highest BCUT2D eigenvalue weighted by Gasteiger charge is 2.13. The van der Waals surface area contributed by atoms with Gasteiger partial charge in [0.15, 0.2) is 5.82 Å². The fraction of sp³-hybridized carbons (Fsp3) is 0.136. The zero-order valence-corrected chi connectivity index (χ0v) is 16.3. The molecule has 150 valence electrons. The summed E-state index contributed by atoms with van der Waals surface area (Å²) >= 11 is 0. The molecule has 0 bridgehead atoms. The zero-order chi connectivity index (χ0) is 20.9. The third-order valence-corrected chi connectivity index (χ3v) is 4.44. The number of carbonyl (C=O) groups excluding carboxylic acids is 1. The second kappa shape index (κ2) is 8.62. The molecule has 1 unspecified atom stereocenters. The summed E-state index contributed by atoms with van der Waals surface area (Å²) in [6.07, 6.45) is 6.09. The maximum atomic E-state index is 12.8. The third kappa shape index (κ3) is 4.39. The predicted molar refractivity (Wildman–Crippen MR) is 113 cm³/mol. The summed E-state index contributed by atoms with van der Waals surface area (Å²) in [6, 6.07) is 14.6. The van der Waals surface area contributed by atoms with Crippen LogP contribution in [0.1, 0.15) is 17.4 Å². The van der Waals surface area contributed by atoms with Gasteiger partial charge < -0.3 is 15.0 Å². The molecule has 0 aliphatic rings. The molecular formula is C22H20N6O2. The number of anilines is 1. The molecule has 2 N–H and O–H groups in total. The molecule has 1 aromatic carbocycles. The molecule has 0 spiro atoms. The van der Waals surface area contributed by atoms with E-state index in [0.29, 0.717) is 23.8 Å². The van der Waals surface area contributed by atoms with Gasteiger partial charge in [-0.3, -0.25) is 14.8 Å². The summed E-state index contributed by atoms with van der Waals surface area (Å²) in [5.74, 6) is 0.298. The van der Waals surface area contributed by atoms with Gasteiger partial charge in [0, 0.05) is 35.4 Å². The molecule has 30 heavy (non-hydrogen) atoms. The van der Waals surface area contributed by atoms with Crippen molar-refractivity contribution in [1.82, 2.24) is 24.7 Å². The van der Waals surface area contributed by atoms with E-state index in [9.17, 15) is 9.90 Å². The van der Waals surface area contributed by atoms with Crippen molar-refractivity contribution in [2.24, 2.45) is 0 Å². The minimum atomic E-state index is -0.527. The molecule has 0 saturated carbocycles. The Bertz CT molecular complexity index is 1160. The van der Waals surface area contributed by atoms with Crippen LogP contribution in [0.3, 0.4) is 0 Å². The minimum Gasteiger partial charge on any atom is -0.392 e. The lowest BCUT2D eigenvalue weighted by molar-refractivity contribution is 0.102. The van der Waals surface area contributed by atoms with Gasteiger partial charge in [-0.25, -0.2) is 0 Å². The summed E-state index contributed by atoms with van der Waals surface area (Å²) in [7, 11) is 0. The van der Waals surface area contributed by atoms with E-state index in [2.05, 4.69) is 25.5 Å². The number of hydrogen-bond acceptors (Lipinski definition) is 6. The molecule has 8 nitrogen and oxygen atoms in total. The second-order valence-corrected chi connectivity index (χ2v) is 6.86. The first-order chi connectivity index (χ1) is 14.6. The summed E-state index contributed by atoms with van der Waals surface area (Å²) < 4.78 is 1.77. The largest absolute Gasteiger partial charge is 0.392 e. The Balaban J connectivity index is 1.55. The fourth-order valence-electron chi connectivity index (χ4n) is 3.10. The standard InChI is InChI=1S/C22H20N6O2/c1-15(29)13-28-14-25-27-21(28)17-4-2-6-19(10-17)26-22(30)20-11-16(7-9-24-20)18-5-3-8-23-12-18/h2-12,14-15,29H,13H2,1H3,(H,26,30). The SMILES string of the molecule is CC(O)Cn1cnnc1-c1cccc(NC(=O)c2cc(-c3cccnc3)ccn2)c1. The Labute approximate surface area is 173 Å². The Kier molecular flexibility index (Phi) is 5.58. The average molecular weight is 400 g/mol. The first-order valence-corrected chi connectivity index (χ1v) is 9.44. The van der Waals surface area contributed by atoms with Gasteiger partial charge in [0.2, 0.25) is 0 Å². The van der Waals surface area contributed by atoms with Gasteiger partial charge in [0.1, 0.15) is 12.0 Å². The number of benzene rings is 1. The van der Waals surface area contributed by atoms with Crippen LogP contribution in [-0.2, 0) is 6.54 Å². The van der Waals surface area contributed by atoms with Crippen LogP contribution in [0, 0.1) is 0 Å². The number of rotatable bonds is 6. The number of hydrogen-bond donors (Lipinski definition) is 2. The van der Waals surface area contributed by atoms with E-state index in [-0.39, 0.29) is 5.91 Å². The molecule has 3 aromatic heterocycles. The Morgan fingerprint density at radius 3 is 2.77 bits per heavy atom. The first kappa shape index (κ1) is 19.4. The number of nitrogens with zero attached hydrogens (tertiary/aromatic N) is 5. The lowest BCUT2D eigenvalue weighted by Gasteiger charge is -2.10. The van der Waals surface area contributed by atoms with Gasteiger partial charge in [-0.05, 0) is 42.8 Å². The summed E-state index contributed by atoms with van der Waals surface area (Å²) in [5, 5.41) is 20.6.